The molecule has 0 aliphatic carbocycles. The van der Waals surface area contributed by atoms with Gasteiger partial charge in [0.2, 0.25) is 0 Å². The highest BCUT2D eigenvalue weighted by atomic mass is 19.4. The number of aliphatic imine (C=N–C) groups is 1. The summed E-state index contributed by atoms with van der Waals surface area (Å²) in [5.41, 5.74) is 3.20. The number of nitrogens with zero attached hydrogens (tertiary/aromatic N) is 2. The minimum atomic E-state index is -4.39. The molecule has 0 atom stereocenters. The Hall–Kier alpha value is -2.77. The van der Waals surface area contributed by atoms with Crippen molar-refractivity contribution in [1.82, 2.24) is 15.6 Å². The van der Waals surface area contributed by atoms with E-state index in [0.29, 0.717) is 24.6 Å². The van der Waals surface area contributed by atoms with E-state index in [1.54, 1.807) is 19.1 Å². The summed E-state index contributed by atoms with van der Waals surface area (Å²) in [6.07, 6.45) is -4.39. The smallest absolute Gasteiger partial charge is 0.422 e. The lowest BCUT2D eigenvalue weighted by Gasteiger charge is -2.14. The molecular weight excluding hydrogens is 369 g/mol. The fourth-order valence-electron chi connectivity index (χ4n) is 2.46. The van der Waals surface area contributed by atoms with Gasteiger partial charge in [0.1, 0.15) is 5.75 Å². The number of ether oxygens (including phenoxy) is 1. The van der Waals surface area contributed by atoms with Crippen molar-refractivity contribution >= 4 is 5.96 Å². The van der Waals surface area contributed by atoms with Gasteiger partial charge in [0.25, 0.3) is 0 Å². The third kappa shape index (κ3) is 7.46. The van der Waals surface area contributed by atoms with Gasteiger partial charge in [0, 0.05) is 17.8 Å². The number of hydrogen-bond donors (Lipinski definition) is 2. The molecule has 1 aromatic carbocycles. The molecule has 5 nitrogen and oxygen atoms in total. The highest BCUT2D eigenvalue weighted by molar-refractivity contribution is 5.79. The number of rotatable bonds is 7. The van der Waals surface area contributed by atoms with E-state index >= 15 is 0 Å². The molecule has 152 valence electrons. The average molecular weight is 394 g/mol. The maximum atomic E-state index is 12.5. The second-order valence-electron chi connectivity index (χ2n) is 6.33. The molecule has 0 radical (unpaired) electrons. The van der Waals surface area contributed by atoms with Gasteiger partial charge in [0.15, 0.2) is 12.6 Å². The van der Waals surface area contributed by atoms with Crippen molar-refractivity contribution in [3.05, 3.63) is 58.9 Å². The maximum absolute atomic E-state index is 12.5. The van der Waals surface area contributed by atoms with Gasteiger partial charge in [-0.15, -0.1) is 0 Å². The van der Waals surface area contributed by atoms with Crippen LogP contribution in [-0.4, -0.2) is 30.3 Å². The zero-order valence-electron chi connectivity index (χ0n) is 16.2. The molecule has 0 aliphatic heterocycles. The quantitative estimate of drug-likeness (QED) is 0.553. The highest BCUT2D eigenvalue weighted by Gasteiger charge is 2.28. The first-order valence-corrected chi connectivity index (χ1v) is 9.00. The Morgan fingerprint density at radius 2 is 1.93 bits per heavy atom. The Kier molecular flexibility index (Phi) is 7.66. The van der Waals surface area contributed by atoms with Crippen LogP contribution in [0.5, 0.6) is 5.75 Å². The van der Waals surface area contributed by atoms with Crippen LogP contribution >= 0.6 is 0 Å². The first-order chi connectivity index (χ1) is 13.3. The van der Waals surface area contributed by atoms with Gasteiger partial charge in [0.05, 0.1) is 18.8 Å². The van der Waals surface area contributed by atoms with E-state index in [0.717, 1.165) is 17.0 Å². The molecule has 1 aromatic heterocycles. The van der Waals surface area contributed by atoms with E-state index in [1.165, 1.54) is 0 Å². The molecule has 1 heterocycles. The summed E-state index contributed by atoms with van der Waals surface area (Å²) in [7, 11) is 0. The summed E-state index contributed by atoms with van der Waals surface area (Å²) in [6.45, 7) is 5.65. The summed E-state index contributed by atoms with van der Waals surface area (Å²) in [4.78, 5) is 8.88. The summed E-state index contributed by atoms with van der Waals surface area (Å²) < 4.78 is 42.5. The predicted octanol–water partition coefficient (Wildman–Crippen LogP) is 3.89. The first-order valence-electron chi connectivity index (χ1n) is 9.00. The summed E-state index contributed by atoms with van der Waals surface area (Å²) in [6, 6.07) is 10.9. The number of alkyl halides is 3. The molecule has 2 rings (SSSR count). The minimum Gasteiger partial charge on any atom is -0.484 e. The van der Waals surface area contributed by atoms with Crippen molar-refractivity contribution in [2.75, 3.05) is 13.2 Å². The third-order valence-corrected chi connectivity index (χ3v) is 3.75. The Morgan fingerprint density at radius 1 is 1.14 bits per heavy atom. The van der Waals surface area contributed by atoms with Crippen LogP contribution in [0.4, 0.5) is 13.2 Å². The van der Waals surface area contributed by atoms with Crippen LogP contribution in [0.15, 0.2) is 41.4 Å². The molecule has 0 saturated heterocycles. The van der Waals surface area contributed by atoms with Crippen molar-refractivity contribution in [1.29, 1.82) is 0 Å². The van der Waals surface area contributed by atoms with E-state index < -0.39 is 12.8 Å². The summed E-state index contributed by atoms with van der Waals surface area (Å²) >= 11 is 0. The normalized spacial score (nSPS) is 12.0. The van der Waals surface area contributed by atoms with Gasteiger partial charge in [-0.3, -0.25) is 4.98 Å². The number of halogens is 3. The van der Waals surface area contributed by atoms with E-state index in [1.807, 2.05) is 38.1 Å². The Bertz CT molecular complexity index is 806. The van der Waals surface area contributed by atoms with Crippen molar-refractivity contribution in [3.63, 3.8) is 0 Å². The molecule has 0 unspecified atom stereocenters. The summed E-state index contributed by atoms with van der Waals surface area (Å²) in [5, 5.41) is 6.29. The van der Waals surface area contributed by atoms with Crippen LogP contribution in [0, 0.1) is 13.8 Å². The number of aryl methyl sites for hydroxylation is 2. The van der Waals surface area contributed by atoms with E-state index in [4.69, 9.17) is 4.74 Å². The number of hydrogen-bond acceptors (Lipinski definition) is 3. The first kappa shape index (κ1) is 21.5. The van der Waals surface area contributed by atoms with Gasteiger partial charge >= 0.3 is 6.18 Å². The molecule has 0 aliphatic rings. The Labute approximate surface area is 163 Å². The lowest BCUT2D eigenvalue weighted by molar-refractivity contribution is -0.153. The second kappa shape index (κ2) is 9.96. The fraction of sp³-hybridized carbons (Fsp3) is 0.400. The third-order valence-electron chi connectivity index (χ3n) is 3.75. The lowest BCUT2D eigenvalue weighted by Crippen LogP contribution is -2.37. The Morgan fingerprint density at radius 3 is 2.61 bits per heavy atom. The molecule has 8 heteroatoms. The van der Waals surface area contributed by atoms with Gasteiger partial charge in [-0.05, 0) is 44.5 Å². The number of pyridine rings is 1. The molecule has 2 N–H and O–H groups in total. The second-order valence-corrected chi connectivity index (χ2v) is 6.33. The van der Waals surface area contributed by atoms with Gasteiger partial charge in [-0.25, -0.2) is 4.99 Å². The van der Waals surface area contributed by atoms with Gasteiger partial charge in [-0.1, -0.05) is 18.2 Å². The van der Waals surface area contributed by atoms with Crippen molar-refractivity contribution in [2.24, 2.45) is 4.99 Å². The van der Waals surface area contributed by atoms with Crippen LogP contribution in [0.2, 0.25) is 0 Å². The predicted molar refractivity (Wildman–Crippen MR) is 103 cm³/mol. The van der Waals surface area contributed by atoms with Crippen molar-refractivity contribution in [2.45, 2.75) is 40.0 Å². The molecule has 0 bridgehead atoms. The standard InChI is InChI=1S/C20H25F3N4O/c1-4-24-19(26-12-17-7-5-6-15(3)27-17)25-11-16-9-8-14(2)10-18(16)28-13-20(21,22)23/h5-10H,4,11-13H2,1-3H3,(H2,24,25,26). The van der Waals surface area contributed by atoms with Crippen molar-refractivity contribution < 1.29 is 17.9 Å². The van der Waals surface area contributed by atoms with Gasteiger partial charge in [-0.2, -0.15) is 13.2 Å². The molecule has 0 amide bonds. The topological polar surface area (TPSA) is 58.5 Å². The zero-order chi connectivity index (χ0) is 20.6. The number of aromatic nitrogens is 1. The molecule has 0 saturated carbocycles. The SMILES string of the molecule is CCNC(=NCc1ccc(C)cc1OCC(F)(F)F)NCc1cccc(C)n1. The minimum absolute atomic E-state index is 0.185. The van der Waals surface area contributed by atoms with Crippen LogP contribution in [0.3, 0.4) is 0 Å². The fourth-order valence-corrected chi connectivity index (χ4v) is 2.46. The molecule has 0 spiro atoms. The largest absolute Gasteiger partial charge is 0.484 e. The number of benzene rings is 1. The zero-order valence-corrected chi connectivity index (χ0v) is 16.2. The van der Waals surface area contributed by atoms with E-state index in [-0.39, 0.29) is 12.3 Å². The maximum Gasteiger partial charge on any atom is 0.422 e. The van der Waals surface area contributed by atoms with Crippen LogP contribution in [0.25, 0.3) is 0 Å². The van der Waals surface area contributed by atoms with E-state index in [2.05, 4.69) is 20.6 Å². The molecule has 0 fully saturated rings. The highest BCUT2D eigenvalue weighted by Crippen LogP contribution is 2.24. The van der Waals surface area contributed by atoms with Gasteiger partial charge < -0.3 is 15.4 Å². The average Bonchev–Trinajstić information content (AvgIpc) is 2.63. The van der Waals surface area contributed by atoms with Crippen LogP contribution < -0.4 is 15.4 Å². The number of guanidine groups is 1. The van der Waals surface area contributed by atoms with Crippen LogP contribution in [0.1, 0.15) is 29.4 Å². The monoisotopic (exact) mass is 394 g/mol. The Balaban J connectivity index is 2.08. The van der Waals surface area contributed by atoms with Crippen LogP contribution in [-0.2, 0) is 13.1 Å². The molecule has 28 heavy (non-hydrogen) atoms. The molecule has 2 aromatic rings. The summed E-state index contributed by atoms with van der Waals surface area (Å²) in [5.74, 6) is 0.741. The molecular formula is C20H25F3N4O. The lowest BCUT2D eigenvalue weighted by atomic mass is 10.1. The van der Waals surface area contributed by atoms with Crippen molar-refractivity contribution in [3.8, 4) is 5.75 Å². The van der Waals surface area contributed by atoms with E-state index in [9.17, 15) is 13.2 Å². The number of nitrogens with one attached hydrogen (secondary N) is 2.